The number of aromatic nitrogens is 1. The molecule has 0 radical (unpaired) electrons. The second kappa shape index (κ2) is 5.64. The summed E-state index contributed by atoms with van der Waals surface area (Å²) in [6.45, 7) is 1.04. The van der Waals surface area contributed by atoms with Crippen LogP contribution in [0.3, 0.4) is 0 Å². The smallest absolute Gasteiger partial charge is 0.0459 e. The molecule has 2 heteroatoms. The average Bonchev–Trinajstić information content (AvgIpc) is 3.12. The van der Waals surface area contributed by atoms with E-state index in [4.69, 9.17) is 0 Å². The fourth-order valence-corrected chi connectivity index (χ4v) is 4.61. The van der Waals surface area contributed by atoms with Crippen LogP contribution < -0.4 is 0 Å². The van der Waals surface area contributed by atoms with Gasteiger partial charge in [-0.1, -0.05) is 60.7 Å². The highest BCUT2D eigenvalue weighted by atomic mass is 15.2. The van der Waals surface area contributed by atoms with Crippen LogP contribution in [0.15, 0.2) is 60.7 Å². The molecule has 0 amide bonds. The molecule has 2 aliphatic rings. The molecule has 0 aliphatic carbocycles. The molecule has 2 aliphatic heterocycles. The third-order valence-corrected chi connectivity index (χ3v) is 5.67. The van der Waals surface area contributed by atoms with E-state index < -0.39 is 0 Å². The van der Waals surface area contributed by atoms with Crippen LogP contribution in [0.5, 0.6) is 0 Å². The van der Waals surface area contributed by atoms with E-state index in [0.29, 0.717) is 12.1 Å². The first-order chi connectivity index (χ1) is 11.9. The Kier molecular flexibility index (Phi) is 3.30. The van der Waals surface area contributed by atoms with Gasteiger partial charge in [-0.25, -0.2) is 0 Å². The fraction of sp³-hybridized carbons (Fsp3) is 0.273. The average molecular weight is 314 g/mol. The van der Waals surface area contributed by atoms with Crippen molar-refractivity contribution in [2.24, 2.45) is 0 Å². The van der Waals surface area contributed by atoms with Crippen LogP contribution >= 0.6 is 0 Å². The van der Waals surface area contributed by atoms with Crippen molar-refractivity contribution in [3.63, 3.8) is 0 Å². The third kappa shape index (κ3) is 2.22. The molecule has 1 saturated heterocycles. The maximum atomic E-state index is 3.67. The zero-order valence-corrected chi connectivity index (χ0v) is 13.8. The Hall–Kier alpha value is -2.32. The molecule has 0 spiro atoms. The zero-order chi connectivity index (χ0) is 15.9. The van der Waals surface area contributed by atoms with Crippen molar-refractivity contribution in [1.29, 1.82) is 0 Å². The van der Waals surface area contributed by atoms with Gasteiger partial charge in [-0.15, -0.1) is 0 Å². The van der Waals surface area contributed by atoms with Gasteiger partial charge in [0.15, 0.2) is 0 Å². The molecule has 5 rings (SSSR count). The van der Waals surface area contributed by atoms with E-state index in [-0.39, 0.29) is 0 Å². The van der Waals surface area contributed by atoms with Gasteiger partial charge in [0.2, 0.25) is 0 Å². The van der Waals surface area contributed by atoms with Crippen molar-refractivity contribution < 1.29 is 0 Å². The molecule has 1 aromatic heterocycles. The van der Waals surface area contributed by atoms with E-state index in [0.717, 1.165) is 6.54 Å². The molecule has 2 aromatic carbocycles. The Morgan fingerprint density at radius 2 is 1.83 bits per heavy atom. The second-order valence-electron chi connectivity index (χ2n) is 7.02. The van der Waals surface area contributed by atoms with Crippen LogP contribution in [-0.2, 0) is 6.42 Å². The van der Waals surface area contributed by atoms with E-state index >= 15 is 0 Å². The highest BCUT2D eigenvalue weighted by molar-refractivity contribution is 5.85. The molecule has 2 atom stereocenters. The van der Waals surface area contributed by atoms with Crippen LogP contribution in [0.4, 0.5) is 0 Å². The lowest BCUT2D eigenvalue weighted by molar-refractivity contribution is 0.199. The minimum atomic E-state index is 0.579. The van der Waals surface area contributed by atoms with Gasteiger partial charge in [-0.2, -0.15) is 0 Å². The van der Waals surface area contributed by atoms with E-state index in [1.165, 1.54) is 41.4 Å². The number of para-hydroxylation sites is 1. The maximum Gasteiger partial charge on any atom is 0.0459 e. The van der Waals surface area contributed by atoms with Gasteiger partial charge < -0.3 is 4.98 Å². The predicted molar refractivity (Wildman–Crippen MR) is 99.9 cm³/mol. The van der Waals surface area contributed by atoms with Crippen LogP contribution in [0.25, 0.3) is 17.0 Å². The first-order valence-electron chi connectivity index (χ1n) is 8.97. The van der Waals surface area contributed by atoms with Crippen molar-refractivity contribution in [2.75, 3.05) is 6.54 Å². The van der Waals surface area contributed by atoms with Gasteiger partial charge in [0.25, 0.3) is 0 Å². The number of hydrogen-bond acceptors (Lipinski definition) is 1. The number of rotatable bonds is 3. The normalized spacial score (nSPS) is 23.2. The second-order valence-corrected chi connectivity index (χ2v) is 7.02. The molecule has 3 heterocycles. The van der Waals surface area contributed by atoms with Crippen LogP contribution in [0.2, 0.25) is 0 Å². The summed E-state index contributed by atoms with van der Waals surface area (Å²) in [5.74, 6) is 0. The van der Waals surface area contributed by atoms with Crippen LogP contribution in [0, 0.1) is 0 Å². The number of aromatic amines is 1. The maximum absolute atomic E-state index is 3.67. The Bertz CT molecular complexity index is 891. The summed E-state index contributed by atoms with van der Waals surface area (Å²) in [6, 6.07) is 20.7. The van der Waals surface area contributed by atoms with Crippen molar-refractivity contribution in [1.82, 2.24) is 9.88 Å². The number of nitrogens with one attached hydrogen (secondary N) is 1. The summed E-state index contributed by atoms with van der Waals surface area (Å²) in [5, 5.41) is 1.43. The van der Waals surface area contributed by atoms with Gasteiger partial charge in [-0.3, -0.25) is 4.90 Å². The standard InChI is InChI=1S/C22H22N2/c1-2-7-16(8-3-1)9-6-14-24-17-12-13-21(24)22-18-10-4-5-11-19(18)23-20(22)15-17/h1-11,17,21,23H,12-15H2/b9-6+. The summed E-state index contributed by atoms with van der Waals surface area (Å²) in [4.78, 5) is 6.39. The molecule has 3 aromatic rings. The van der Waals surface area contributed by atoms with Crippen LogP contribution in [-0.4, -0.2) is 22.5 Å². The van der Waals surface area contributed by atoms with Crippen LogP contribution in [0.1, 0.15) is 35.7 Å². The first kappa shape index (κ1) is 14.1. The number of benzene rings is 2. The summed E-state index contributed by atoms with van der Waals surface area (Å²) < 4.78 is 0. The van der Waals surface area contributed by atoms with Gasteiger partial charge in [0.05, 0.1) is 0 Å². The zero-order valence-electron chi connectivity index (χ0n) is 13.8. The lowest BCUT2D eigenvalue weighted by Gasteiger charge is -2.34. The first-order valence-corrected chi connectivity index (χ1v) is 8.97. The number of H-pyrrole nitrogens is 1. The highest BCUT2D eigenvalue weighted by Gasteiger charge is 2.40. The van der Waals surface area contributed by atoms with E-state index in [1.54, 1.807) is 5.56 Å². The SMILES string of the molecule is C(=C\c1ccccc1)/CN1C2CCC1c1c([nH]c3ccccc13)C2. The van der Waals surface area contributed by atoms with Crippen molar-refractivity contribution in [3.05, 3.63) is 77.5 Å². The number of nitrogens with zero attached hydrogens (tertiary/aromatic N) is 1. The summed E-state index contributed by atoms with van der Waals surface area (Å²) in [6.07, 6.45) is 8.36. The van der Waals surface area contributed by atoms with Gasteiger partial charge in [-0.05, 0) is 30.0 Å². The minimum absolute atomic E-state index is 0.579. The van der Waals surface area contributed by atoms with E-state index in [1.807, 2.05) is 0 Å². The lowest BCUT2D eigenvalue weighted by atomic mass is 9.97. The molecule has 1 N–H and O–H groups in total. The number of fused-ring (bicyclic) bond motifs is 6. The summed E-state index contributed by atoms with van der Waals surface area (Å²) in [5.41, 5.74) is 5.63. The van der Waals surface area contributed by atoms with Gasteiger partial charge in [0, 0.05) is 41.6 Å². The van der Waals surface area contributed by atoms with Crippen molar-refractivity contribution in [3.8, 4) is 0 Å². The molecule has 2 unspecified atom stereocenters. The highest BCUT2D eigenvalue weighted by Crippen LogP contribution is 2.46. The topological polar surface area (TPSA) is 19.0 Å². The van der Waals surface area contributed by atoms with E-state index in [9.17, 15) is 0 Å². The Morgan fingerprint density at radius 1 is 1.00 bits per heavy atom. The van der Waals surface area contributed by atoms with Crippen molar-refractivity contribution >= 4 is 17.0 Å². The predicted octanol–water partition coefficient (Wildman–Crippen LogP) is 4.94. The molecule has 120 valence electrons. The van der Waals surface area contributed by atoms with E-state index in [2.05, 4.69) is 76.6 Å². The fourth-order valence-electron chi connectivity index (χ4n) is 4.61. The van der Waals surface area contributed by atoms with Gasteiger partial charge in [0.1, 0.15) is 0 Å². The quantitative estimate of drug-likeness (QED) is 0.725. The third-order valence-electron chi connectivity index (χ3n) is 5.67. The molecular formula is C22H22N2. The van der Waals surface area contributed by atoms with Crippen molar-refractivity contribution in [2.45, 2.75) is 31.3 Å². The largest absolute Gasteiger partial charge is 0.358 e. The monoisotopic (exact) mass is 314 g/mol. The molecule has 2 nitrogen and oxygen atoms in total. The summed E-state index contributed by atoms with van der Waals surface area (Å²) >= 11 is 0. The molecular weight excluding hydrogens is 292 g/mol. The minimum Gasteiger partial charge on any atom is -0.358 e. The molecule has 0 saturated carbocycles. The lowest BCUT2D eigenvalue weighted by Crippen LogP contribution is -2.37. The molecule has 1 fully saturated rings. The summed E-state index contributed by atoms with van der Waals surface area (Å²) in [7, 11) is 0. The Morgan fingerprint density at radius 3 is 2.75 bits per heavy atom. The molecule has 24 heavy (non-hydrogen) atoms. The number of hydrogen-bond donors (Lipinski definition) is 1. The Balaban J connectivity index is 1.44. The Labute approximate surface area is 142 Å². The van der Waals surface area contributed by atoms with Gasteiger partial charge >= 0.3 is 0 Å². The molecule has 2 bridgehead atoms.